The predicted molar refractivity (Wildman–Crippen MR) is 69.8 cm³/mol. The molecule has 5 nitrogen and oxygen atoms in total. The van der Waals surface area contributed by atoms with Crippen molar-refractivity contribution in [2.75, 3.05) is 31.2 Å². The van der Waals surface area contributed by atoms with Crippen molar-refractivity contribution in [3.8, 4) is 11.4 Å². The van der Waals surface area contributed by atoms with Gasteiger partial charge in [0, 0.05) is 18.7 Å². The van der Waals surface area contributed by atoms with E-state index in [-0.39, 0.29) is 11.4 Å². The van der Waals surface area contributed by atoms with Crippen molar-refractivity contribution in [3.63, 3.8) is 0 Å². The number of alkyl halides is 3. The molecule has 1 saturated heterocycles. The number of halogens is 4. The summed E-state index contributed by atoms with van der Waals surface area (Å²) in [6, 6.07) is 2.72. The zero-order valence-electron chi connectivity index (χ0n) is 11.3. The SMILES string of the molecule is Fc1ccc(-c2nc(N3CCOCC3)n[nH]2)cc1C(F)(F)F. The fourth-order valence-electron chi connectivity index (χ4n) is 2.18. The second kappa shape index (κ2) is 5.56. The van der Waals surface area contributed by atoms with Gasteiger partial charge in [-0.25, -0.2) is 4.39 Å². The first-order chi connectivity index (χ1) is 10.4. The number of morpholine rings is 1. The van der Waals surface area contributed by atoms with Crippen molar-refractivity contribution in [1.29, 1.82) is 0 Å². The number of benzene rings is 1. The summed E-state index contributed by atoms with van der Waals surface area (Å²) in [6.07, 6.45) is -4.76. The van der Waals surface area contributed by atoms with Crippen LogP contribution in [0.4, 0.5) is 23.5 Å². The van der Waals surface area contributed by atoms with Crippen molar-refractivity contribution in [2.24, 2.45) is 0 Å². The molecule has 0 bridgehead atoms. The monoisotopic (exact) mass is 316 g/mol. The van der Waals surface area contributed by atoms with Gasteiger partial charge < -0.3 is 9.64 Å². The van der Waals surface area contributed by atoms with Crippen LogP contribution in [0.25, 0.3) is 11.4 Å². The third-order valence-electron chi connectivity index (χ3n) is 3.31. The number of nitrogens with one attached hydrogen (secondary N) is 1. The van der Waals surface area contributed by atoms with Gasteiger partial charge in [-0.2, -0.15) is 18.2 Å². The van der Waals surface area contributed by atoms with Crippen molar-refractivity contribution in [2.45, 2.75) is 6.18 Å². The first-order valence-corrected chi connectivity index (χ1v) is 6.57. The molecule has 2 heterocycles. The smallest absolute Gasteiger partial charge is 0.378 e. The summed E-state index contributed by atoms with van der Waals surface area (Å²) >= 11 is 0. The molecule has 3 rings (SSSR count). The summed E-state index contributed by atoms with van der Waals surface area (Å²) < 4.78 is 56.7. The van der Waals surface area contributed by atoms with Crippen LogP contribution in [0.2, 0.25) is 0 Å². The lowest BCUT2D eigenvalue weighted by atomic mass is 10.1. The molecule has 0 spiro atoms. The van der Waals surface area contributed by atoms with Crippen LogP contribution in [0, 0.1) is 5.82 Å². The summed E-state index contributed by atoms with van der Waals surface area (Å²) in [5.41, 5.74) is -1.20. The lowest BCUT2D eigenvalue weighted by Gasteiger charge is -2.25. The van der Waals surface area contributed by atoms with Gasteiger partial charge in [-0.1, -0.05) is 0 Å². The number of hydrogen-bond donors (Lipinski definition) is 1. The molecule has 1 aromatic carbocycles. The number of ether oxygens (including phenoxy) is 1. The summed E-state index contributed by atoms with van der Waals surface area (Å²) in [5, 5.41) is 6.57. The highest BCUT2D eigenvalue weighted by Gasteiger charge is 2.34. The van der Waals surface area contributed by atoms with Gasteiger partial charge in [0.25, 0.3) is 0 Å². The maximum Gasteiger partial charge on any atom is 0.419 e. The average Bonchev–Trinajstić information content (AvgIpc) is 2.97. The van der Waals surface area contributed by atoms with E-state index in [9.17, 15) is 17.6 Å². The van der Waals surface area contributed by atoms with E-state index in [1.807, 2.05) is 4.90 Å². The fraction of sp³-hybridized carbons (Fsp3) is 0.385. The number of hydrogen-bond acceptors (Lipinski definition) is 4. The molecule has 1 aliphatic heterocycles. The summed E-state index contributed by atoms with van der Waals surface area (Å²) in [4.78, 5) is 6.03. The van der Waals surface area contributed by atoms with Gasteiger partial charge in [-0.15, -0.1) is 5.10 Å². The van der Waals surface area contributed by atoms with E-state index in [1.54, 1.807) is 0 Å². The molecule has 1 fully saturated rings. The largest absolute Gasteiger partial charge is 0.419 e. The zero-order chi connectivity index (χ0) is 15.7. The minimum absolute atomic E-state index is 0.126. The molecule has 0 saturated carbocycles. The van der Waals surface area contributed by atoms with E-state index in [4.69, 9.17) is 4.74 Å². The molecule has 0 atom stereocenters. The molecule has 0 unspecified atom stereocenters. The summed E-state index contributed by atoms with van der Waals surface area (Å²) in [6.45, 7) is 2.29. The molecule has 2 aromatic rings. The van der Waals surface area contributed by atoms with Gasteiger partial charge in [0.15, 0.2) is 5.82 Å². The van der Waals surface area contributed by atoms with Crippen LogP contribution in [0.1, 0.15) is 5.56 Å². The van der Waals surface area contributed by atoms with E-state index >= 15 is 0 Å². The Morgan fingerprint density at radius 3 is 2.59 bits per heavy atom. The van der Waals surface area contributed by atoms with Crippen molar-refractivity contribution < 1.29 is 22.3 Å². The Kier molecular flexibility index (Phi) is 3.73. The predicted octanol–water partition coefficient (Wildman–Crippen LogP) is 2.47. The molecular formula is C13H12F4N4O. The van der Waals surface area contributed by atoms with Crippen LogP contribution >= 0.6 is 0 Å². The van der Waals surface area contributed by atoms with Gasteiger partial charge in [-0.3, -0.25) is 5.10 Å². The highest BCUT2D eigenvalue weighted by Crippen LogP contribution is 2.33. The van der Waals surface area contributed by atoms with Gasteiger partial charge in [0.05, 0.1) is 18.8 Å². The first-order valence-electron chi connectivity index (χ1n) is 6.57. The molecule has 0 aliphatic carbocycles. The van der Waals surface area contributed by atoms with Crippen molar-refractivity contribution >= 4 is 5.95 Å². The number of nitrogens with zero attached hydrogens (tertiary/aromatic N) is 3. The van der Waals surface area contributed by atoms with Crippen LogP contribution in [0.15, 0.2) is 18.2 Å². The molecule has 9 heteroatoms. The van der Waals surface area contributed by atoms with Gasteiger partial charge in [0.1, 0.15) is 5.82 Å². The molecule has 22 heavy (non-hydrogen) atoms. The highest BCUT2D eigenvalue weighted by atomic mass is 19.4. The highest BCUT2D eigenvalue weighted by molar-refractivity contribution is 5.58. The number of aromatic amines is 1. The molecular weight excluding hydrogens is 304 g/mol. The van der Waals surface area contributed by atoms with E-state index in [1.165, 1.54) is 6.07 Å². The number of rotatable bonds is 2. The van der Waals surface area contributed by atoms with Crippen LogP contribution < -0.4 is 4.90 Å². The van der Waals surface area contributed by atoms with Crippen LogP contribution in [0.5, 0.6) is 0 Å². The van der Waals surface area contributed by atoms with E-state index in [0.29, 0.717) is 32.3 Å². The van der Waals surface area contributed by atoms with Crippen LogP contribution in [0.3, 0.4) is 0 Å². The Bertz CT molecular complexity index is 664. The second-order valence-corrected chi connectivity index (χ2v) is 4.78. The topological polar surface area (TPSA) is 54.0 Å². The summed E-state index contributed by atoms with van der Waals surface area (Å²) in [7, 11) is 0. The normalized spacial score (nSPS) is 16.1. The second-order valence-electron chi connectivity index (χ2n) is 4.78. The Morgan fingerprint density at radius 2 is 1.91 bits per heavy atom. The Labute approximate surface area is 122 Å². The minimum Gasteiger partial charge on any atom is -0.378 e. The Balaban J connectivity index is 1.90. The van der Waals surface area contributed by atoms with Crippen molar-refractivity contribution in [3.05, 3.63) is 29.6 Å². The van der Waals surface area contributed by atoms with E-state index in [0.717, 1.165) is 12.1 Å². The lowest BCUT2D eigenvalue weighted by Crippen LogP contribution is -2.36. The number of H-pyrrole nitrogens is 1. The molecule has 1 aromatic heterocycles. The molecule has 118 valence electrons. The van der Waals surface area contributed by atoms with Gasteiger partial charge in [-0.05, 0) is 18.2 Å². The van der Waals surface area contributed by atoms with E-state index in [2.05, 4.69) is 15.2 Å². The maximum atomic E-state index is 13.3. The number of anilines is 1. The number of aromatic nitrogens is 3. The third kappa shape index (κ3) is 2.89. The lowest BCUT2D eigenvalue weighted by molar-refractivity contribution is -0.139. The molecule has 1 N–H and O–H groups in total. The molecule has 0 radical (unpaired) electrons. The van der Waals surface area contributed by atoms with Gasteiger partial charge >= 0.3 is 6.18 Å². The Hall–Kier alpha value is -2.16. The van der Waals surface area contributed by atoms with Gasteiger partial charge in [0.2, 0.25) is 5.95 Å². The standard InChI is InChI=1S/C13H12F4N4O/c14-10-2-1-8(7-9(10)13(15,16)17)11-18-12(20-19-11)21-3-5-22-6-4-21/h1-2,7H,3-6H2,(H,18,19,20). The zero-order valence-corrected chi connectivity index (χ0v) is 11.3. The van der Waals surface area contributed by atoms with Crippen LogP contribution in [-0.2, 0) is 10.9 Å². The summed E-state index contributed by atoms with van der Waals surface area (Å²) in [5.74, 6) is -0.771. The minimum atomic E-state index is -4.76. The van der Waals surface area contributed by atoms with Crippen molar-refractivity contribution in [1.82, 2.24) is 15.2 Å². The Morgan fingerprint density at radius 1 is 1.18 bits per heavy atom. The van der Waals surface area contributed by atoms with E-state index < -0.39 is 17.6 Å². The average molecular weight is 316 g/mol. The maximum absolute atomic E-state index is 13.3. The quantitative estimate of drug-likeness (QED) is 0.865. The first kappa shape index (κ1) is 14.8. The third-order valence-corrected chi connectivity index (χ3v) is 3.31. The fourth-order valence-corrected chi connectivity index (χ4v) is 2.18. The molecule has 0 amide bonds. The molecule has 1 aliphatic rings. The van der Waals surface area contributed by atoms with Crippen LogP contribution in [-0.4, -0.2) is 41.5 Å².